The van der Waals surface area contributed by atoms with Crippen LogP contribution in [-0.2, 0) is 12.8 Å². The van der Waals surface area contributed by atoms with Crippen LogP contribution in [0.15, 0.2) is 6.33 Å². The molecule has 0 fully saturated rings. The van der Waals surface area contributed by atoms with Crippen molar-refractivity contribution in [3.05, 3.63) is 22.7 Å². The van der Waals surface area contributed by atoms with Crippen LogP contribution >= 0.6 is 11.5 Å². The van der Waals surface area contributed by atoms with Gasteiger partial charge in [-0.05, 0) is 38.8 Å². The first-order chi connectivity index (χ1) is 9.17. The van der Waals surface area contributed by atoms with Crippen molar-refractivity contribution >= 4 is 11.5 Å². The highest BCUT2D eigenvalue weighted by molar-refractivity contribution is 7.05. The molecule has 0 saturated carbocycles. The molecular formula is C12H20N6S. The van der Waals surface area contributed by atoms with Gasteiger partial charge in [0.2, 0.25) is 0 Å². The van der Waals surface area contributed by atoms with Crippen molar-refractivity contribution in [1.29, 1.82) is 0 Å². The van der Waals surface area contributed by atoms with E-state index in [2.05, 4.69) is 45.8 Å². The van der Waals surface area contributed by atoms with Gasteiger partial charge in [-0.2, -0.15) is 5.10 Å². The van der Waals surface area contributed by atoms with Gasteiger partial charge >= 0.3 is 0 Å². The number of nitrogens with zero attached hydrogens (tertiary/aromatic N) is 5. The number of nitrogens with one attached hydrogen (secondary N) is 1. The maximum Gasteiger partial charge on any atom is 0.138 e. The fourth-order valence-electron chi connectivity index (χ4n) is 2.09. The normalized spacial score (nSPS) is 13.1. The van der Waals surface area contributed by atoms with E-state index in [1.807, 2.05) is 11.7 Å². The molecular weight excluding hydrogens is 260 g/mol. The highest BCUT2D eigenvalue weighted by atomic mass is 32.1. The lowest BCUT2D eigenvalue weighted by Gasteiger charge is -2.16. The zero-order chi connectivity index (χ0) is 13.8. The molecule has 0 aliphatic carbocycles. The van der Waals surface area contributed by atoms with E-state index in [1.165, 1.54) is 16.4 Å². The molecule has 19 heavy (non-hydrogen) atoms. The molecule has 1 unspecified atom stereocenters. The lowest BCUT2D eigenvalue weighted by Crippen LogP contribution is -2.22. The van der Waals surface area contributed by atoms with Crippen molar-refractivity contribution in [2.75, 3.05) is 7.05 Å². The standard InChI is InChI=1S/C12H20N6S/c1-5-9-12(19-17-16-9)10(13-4)6-11-14-7-15-18(11)8(2)3/h7-8,10,13H,5-6H2,1-4H3. The van der Waals surface area contributed by atoms with Gasteiger partial charge in [0.25, 0.3) is 0 Å². The van der Waals surface area contributed by atoms with E-state index in [1.54, 1.807) is 6.33 Å². The predicted octanol–water partition coefficient (Wildman–Crippen LogP) is 1.78. The Balaban J connectivity index is 2.22. The number of hydrogen-bond donors (Lipinski definition) is 1. The molecule has 0 amide bonds. The van der Waals surface area contributed by atoms with E-state index in [0.717, 1.165) is 24.4 Å². The van der Waals surface area contributed by atoms with Gasteiger partial charge in [0.1, 0.15) is 12.2 Å². The van der Waals surface area contributed by atoms with Crippen LogP contribution in [0.25, 0.3) is 0 Å². The number of aromatic nitrogens is 5. The minimum atomic E-state index is 0.191. The molecule has 1 atom stereocenters. The van der Waals surface area contributed by atoms with Crippen molar-refractivity contribution < 1.29 is 0 Å². The molecule has 7 heteroatoms. The Morgan fingerprint density at radius 3 is 2.84 bits per heavy atom. The molecule has 0 saturated heterocycles. The van der Waals surface area contributed by atoms with Gasteiger partial charge in [-0.3, -0.25) is 0 Å². The second-order valence-electron chi connectivity index (χ2n) is 4.70. The van der Waals surface area contributed by atoms with E-state index < -0.39 is 0 Å². The zero-order valence-electron chi connectivity index (χ0n) is 11.8. The molecule has 104 valence electrons. The minimum Gasteiger partial charge on any atom is -0.312 e. The highest BCUT2D eigenvalue weighted by Crippen LogP contribution is 2.24. The summed E-state index contributed by atoms with van der Waals surface area (Å²) in [4.78, 5) is 5.56. The first-order valence-corrected chi connectivity index (χ1v) is 7.31. The average Bonchev–Trinajstić information content (AvgIpc) is 3.04. The molecule has 1 N–H and O–H groups in total. The summed E-state index contributed by atoms with van der Waals surface area (Å²) in [5, 5.41) is 11.8. The van der Waals surface area contributed by atoms with Gasteiger partial charge < -0.3 is 5.32 Å². The maximum absolute atomic E-state index is 4.37. The fraction of sp³-hybridized carbons (Fsp3) is 0.667. The molecule has 0 radical (unpaired) electrons. The fourth-order valence-corrected chi connectivity index (χ4v) is 2.93. The van der Waals surface area contributed by atoms with Crippen molar-refractivity contribution in [2.45, 2.75) is 45.7 Å². The molecule has 2 aromatic heterocycles. The van der Waals surface area contributed by atoms with Gasteiger partial charge in [0.15, 0.2) is 0 Å². The van der Waals surface area contributed by atoms with Crippen LogP contribution in [0.1, 0.15) is 49.3 Å². The maximum atomic E-state index is 4.37. The van der Waals surface area contributed by atoms with Crippen LogP contribution in [-0.4, -0.2) is 31.4 Å². The van der Waals surface area contributed by atoms with E-state index in [-0.39, 0.29) is 6.04 Å². The summed E-state index contributed by atoms with van der Waals surface area (Å²) in [5.41, 5.74) is 1.07. The summed E-state index contributed by atoms with van der Waals surface area (Å²) in [6.45, 7) is 6.32. The molecule has 6 nitrogen and oxygen atoms in total. The Labute approximate surface area is 117 Å². The summed E-state index contributed by atoms with van der Waals surface area (Å²) in [6, 6.07) is 0.511. The Bertz CT molecular complexity index is 518. The summed E-state index contributed by atoms with van der Waals surface area (Å²) < 4.78 is 6.02. The first-order valence-electron chi connectivity index (χ1n) is 6.54. The van der Waals surface area contributed by atoms with Crippen molar-refractivity contribution in [3.63, 3.8) is 0 Å². The van der Waals surface area contributed by atoms with Crippen molar-refractivity contribution in [2.24, 2.45) is 0 Å². The third-order valence-electron chi connectivity index (χ3n) is 3.11. The summed E-state index contributed by atoms with van der Waals surface area (Å²) >= 11 is 1.46. The number of aryl methyl sites for hydroxylation is 1. The summed E-state index contributed by atoms with van der Waals surface area (Å²) in [7, 11) is 1.96. The van der Waals surface area contributed by atoms with Gasteiger partial charge in [-0.15, -0.1) is 5.10 Å². The van der Waals surface area contributed by atoms with Gasteiger partial charge in [0.05, 0.1) is 16.6 Å². The van der Waals surface area contributed by atoms with Crippen LogP contribution in [0.4, 0.5) is 0 Å². The molecule has 0 bridgehead atoms. The minimum absolute atomic E-state index is 0.191. The Hall–Kier alpha value is -1.34. The molecule has 0 aromatic carbocycles. The van der Waals surface area contributed by atoms with Crippen LogP contribution in [0.2, 0.25) is 0 Å². The summed E-state index contributed by atoms with van der Waals surface area (Å²) in [6.07, 6.45) is 3.32. The summed E-state index contributed by atoms with van der Waals surface area (Å²) in [5.74, 6) is 0.991. The molecule has 0 aliphatic heterocycles. The molecule has 2 rings (SSSR count). The Morgan fingerprint density at radius 1 is 1.42 bits per heavy atom. The lowest BCUT2D eigenvalue weighted by atomic mass is 10.1. The zero-order valence-corrected chi connectivity index (χ0v) is 12.6. The molecule has 0 spiro atoms. The van der Waals surface area contributed by atoms with Gasteiger partial charge in [0, 0.05) is 12.5 Å². The Kier molecular flexibility index (Phi) is 4.60. The average molecular weight is 280 g/mol. The van der Waals surface area contributed by atoms with Crippen LogP contribution in [0.5, 0.6) is 0 Å². The molecule has 2 aromatic rings. The monoisotopic (exact) mass is 280 g/mol. The van der Waals surface area contributed by atoms with E-state index in [9.17, 15) is 0 Å². The molecule has 2 heterocycles. The van der Waals surface area contributed by atoms with Crippen LogP contribution in [0, 0.1) is 0 Å². The van der Waals surface area contributed by atoms with Gasteiger partial charge in [-0.25, -0.2) is 9.67 Å². The van der Waals surface area contributed by atoms with E-state index >= 15 is 0 Å². The number of rotatable bonds is 6. The second-order valence-corrected chi connectivity index (χ2v) is 5.48. The Morgan fingerprint density at radius 2 is 2.21 bits per heavy atom. The number of likely N-dealkylation sites (N-methyl/N-ethyl adjacent to an activating group) is 1. The topological polar surface area (TPSA) is 68.5 Å². The van der Waals surface area contributed by atoms with Crippen molar-refractivity contribution in [3.8, 4) is 0 Å². The smallest absolute Gasteiger partial charge is 0.138 e. The quantitative estimate of drug-likeness (QED) is 0.873. The SMILES string of the molecule is CCc1nnsc1C(Cc1ncnn1C(C)C)NC. The largest absolute Gasteiger partial charge is 0.312 e. The van der Waals surface area contributed by atoms with Crippen LogP contribution in [0.3, 0.4) is 0 Å². The lowest BCUT2D eigenvalue weighted by molar-refractivity contribution is 0.479. The third kappa shape index (κ3) is 2.98. The van der Waals surface area contributed by atoms with E-state index in [4.69, 9.17) is 0 Å². The van der Waals surface area contributed by atoms with E-state index in [0.29, 0.717) is 6.04 Å². The van der Waals surface area contributed by atoms with Gasteiger partial charge in [-0.1, -0.05) is 11.4 Å². The van der Waals surface area contributed by atoms with Crippen LogP contribution < -0.4 is 5.32 Å². The molecule has 0 aliphatic rings. The predicted molar refractivity (Wildman–Crippen MR) is 75.2 cm³/mol. The highest BCUT2D eigenvalue weighted by Gasteiger charge is 2.20. The number of hydrogen-bond acceptors (Lipinski definition) is 6. The third-order valence-corrected chi connectivity index (χ3v) is 3.99. The van der Waals surface area contributed by atoms with Crippen molar-refractivity contribution in [1.82, 2.24) is 29.7 Å². The second kappa shape index (κ2) is 6.21. The first kappa shape index (κ1) is 14.1.